The Hall–Kier alpha value is -2.38. The molecule has 0 spiro atoms. The SMILES string of the molecule is CC.CC.CC(CO)Cc1ccccc1.CCC(C)Cc1ccccc1.CC[C@@H](C)Cc1ccccc1. The van der Waals surface area contributed by atoms with E-state index in [2.05, 4.69) is 100 Å². The lowest BCUT2D eigenvalue weighted by atomic mass is 9.99. The fourth-order valence-electron chi connectivity index (χ4n) is 3.40. The zero-order chi connectivity index (χ0) is 28.3. The summed E-state index contributed by atoms with van der Waals surface area (Å²) >= 11 is 0. The average molecular weight is 507 g/mol. The van der Waals surface area contributed by atoms with Gasteiger partial charge in [-0.3, -0.25) is 0 Å². The lowest BCUT2D eigenvalue weighted by molar-refractivity contribution is 0.237. The van der Waals surface area contributed by atoms with Crippen LogP contribution in [0.2, 0.25) is 0 Å². The fraction of sp³-hybridized carbons (Fsp3) is 0.500. The first-order valence-electron chi connectivity index (χ1n) is 14.7. The van der Waals surface area contributed by atoms with Gasteiger partial charge in [-0.1, -0.05) is 166 Å². The maximum absolute atomic E-state index is 8.80. The van der Waals surface area contributed by atoms with Gasteiger partial charge in [-0.2, -0.15) is 0 Å². The van der Waals surface area contributed by atoms with Gasteiger partial charge < -0.3 is 5.11 Å². The first-order valence-corrected chi connectivity index (χ1v) is 14.7. The van der Waals surface area contributed by atoms with Crippen LogP contribution in [0.15, 0.2) is 91.0 Å². The van der Waals surface area contributed by atoms with Gasteiger partial charge in [0.05, 0.1) is 0 Å². The van der Waals surface area contributed by atoms with Crippen molar-refractivity contribution in [3.05, 3.63) is 108 Å². The maximum Gasteiger partial charge on any atom is 0.0459 e. The van der Waals surface area contributed by atoms with Gasteiger partial charge in [-0.25, -0.2) is 0 Å². The molecule has 3 aromatic rings. The van der Waals surface area contributed by atoms with E-state index >= 15 is 0 Å². The Balaban J connectivity index is 0. The highest BCUT2D eigenvalue weighted by atomic mass is 16.3. The van der Waals surface area contributed by atoms with Crippen LogP contribution in [0.4, 0.5) is 0 Å². The number of aliphatic hydroxyl groups excluding tert-OH is 1. The standard InChI is InChI=1S/2C11H16.C10H14O.2C2H6/c2*1-3-10(2)9-11-7-5-4-6-8-11;1-9(8-11)7-10-5-3-2-4-6-10;2*1-2/h2*4-8,10H,3,9H2,1-2H3;2-6,9,11H,7-8H2,1H3;2*1-2H3/t10-;;;;/m1..../s1. The Morgan fingerprint density at radius 2 is 0.703 bits per heavy atom. The topological polar surface area (TPSA) is 20.2 Å². The molecule has 0 aliphatic rings. The van der Waals surface area contributed by atoms with Crippen LogP contribution >= 0.6 is 0 Å². The third-order valence-corrected chi connectivity index (χ3v) is 5.99. The molecule has 0 bridgehead atoms. The summed E-state index contributed by atoms with van der Waals surface area (Å²) < 4.78 is 0. The summed E-state index contributed by atoms with van der Waals surface area (Å²) in [5, 5.41) is 8.80. The number of hydrogen-bond acceptors (Lipinski definition) is 1. The van der Waals surface area contributed by atoms with Crippen molar-refractivity contribution in [3.8, 4) is 0 Å². The van der Waals surface area contributed by atoms with Crippen molar-refractivity contribution in [2.45, 2.75) is 94.4 Å². The number of hydrogen-bond donors (Lipinski definition) is 1. The summed E-state index contributed by atoms with van der Waals surface area (Å²) in [6, 6.07) is 31.6. The van der Waals surface area contributed by atoms with Crippen molar-refractivity contribution in [1.82, 2.24) is 0 Å². The van der Waals surface area contributed by atoms with Crippen LogP contribution in [0.1, 0.15) is 91.8 Å². The molecule has 0 radical (unpaired) electrons. The molecule has 0 fully saturated rings. The van der Waals surface area contributed by atoms with Crippen molar-refractivity contribution in [1.29, 1.82) is 0 Å². The molecule has 208 valence electrons. The number of benzene rings is 3. The molecule has 3 rings (SSSR count). The van der Waals surface area contributed by atoms with Crippen LogP contribution in [0.25, 0.3) is 0 Å². The Morgan fingerprint density at radius 3 is 0.919 bits per heavy atom. The molecule has 0 saturated heterocycles. The highest BCUT2D eigenvalue weighted by molar-refractivity contribution is 5.16. The molecule has 0 saturated carbocycles. The molecule has 37 heavy (non-hydrogen) atoms. The minimum Gasteiger partial charge on any atom is -0.396 e. The molecule has 0 aromatic heterocycles. The van der Waals surface area contributed by atoms with Gasteiger partial charge in [0.25, 0.3) is 0 Å². The molecule has 0 heterocycles. The number of aliphatic hydroxyl groups is 1. The fourth-order valence-corrected chi connectivity index (χ4v) is 3.40. The summed E-state index contributed by atoms with van der Waals surface area (Å²) in [4.78, 5) is 0. The van der Waals surface area contributed by atoms with Gasteiger partial charge in [0.1, 0.15) is 0 Å². The summed E-state index contributed by atoms with van der Waals surface area (Å²) in [7, 11) is 0. The first kappa shape index (κ1) is 36.8. The van der Waals surface area contributed by atoms with Gasteiger partial charge in [-0.05, 0) is 53.7 Å². The molecule has 0 aliphatic carbocycles. The number of rotatable bonds is 9. The molecule has 0 amide bonds. The van der Waals surface area contributed by atoms with E-state index in [4.69, 9.17) is 5.11 Å². The van der Waals surface area contributed by atoms with Crippen molar-refractivity contribution in [2.24, 2.45) is 17.8 Å². The van der Waals surface area contributed by atoms with E-state index in [0.717, 1.165) is 18.3 Å². The Morgan fingerprint density at radius 1 is 0.459 bits per heavy atom. The van der Waals surface area contributed by atoms with Crippen LogP contribution < -0.4 is 0 Å². The summed E-state index contributed by atoms with van der Waals surface area (Å²) in [6.07, 6.45) is 5.95. The lowest BCUT2D eigenvalue weighted by Gasteiger charge is -2.06. The van der Waals surface area contributed by atoms with E-state index in [1.165, 1.54) is 42.4 Å². The molecule has 1 N–H and O–H groups in total. The van der Waals surface area contributed by atoms with E-state index in [-0.39, 0.29) is 6.61 Å². The Kier molecular flexibility index (Phi) is 26.5. The monoisotopic (exact) mass is 506 g/mol. The highest BCUT2D eigenvalue weighted by Crippen LogP contribution is 2.11. The third kappa shape index (κ3) is 21.4. The minimum absolute atomic E-state index is 0.273. The molecule has 2 unspecified atom stereocenters. The average Bonchev–Trinajstić information content (AvgIpc) is 2.97. The molecule has 0 aliphatic heterocycles. The van der Waals surface area contributed by atoms with Gasteiger partial charge in [0.2, 0.25) is 0 Å². The van der Waals surface area contributed by atoms with Crippen molar-refractivity contribution in [3.63, 3.8) is 0 Å². The third-order valence-electron chi connectivity index (χ3n) is 5.99. The predicted octanol–water partition coefficient (Wildman–Crippen LogP) is 10.5. The molecule has 3 aromatic carbocycles. The van der Waals surface area contributed by atoms with E-state index in [0.29, 0.717) is 5.92 Å². The van der Waals surface area contributed by atoms with Crippen LogP contribution in [-0.4, -0.2) is 11.7 Å². The van der Waals surface area contributed by atoms with E-state index in [9.17, 15) is 0 Å². The van der Waals surface area contributed by atoms with Gasteiger partial charge in [0.15, 0.2) is 0 Å². The maximum atomic E-state index is 8.80. The molecule has 3 atom stereocenters. The van der Waals surface area contributed by atoms with Crippen molar-refractivity contribution < 1.29 is 5.11 Å². The van der Waals surface area contributed by atoms with E-state index in [1.807, 2.05) is 52.8 Å². The lowest BCUT2D eigenvalue weighted by Crippen LogP contribution is -2.03. The summed E-state index contributed by atoms with van der Waals surface area (Å²) in [5.41, 5.74) is 4.22. The largest absolute Gasteiger partial charge is 0.396 e. The second-order valence-electron chi connectivity index (χ2n) is 9.38. The first-order chi connectivity index (χ1) is 18.0. The Bertz CT molecular complexity index is 685. The molecule has 1 heteroatoms. The zero-order valence-electron chi connectivity index (χ0n) is 25.6. The van der Waals surface area contributed by atoms with Crippen molar-refractivity contribution >= 4 is 0 Å². The van der Waals surface area contributed by atoms with Gasteiger partial charge in [0, 0.05) is 6.61 Å². The second kappa shape index (κ2) is 26.7. The minimum atomic E-state index is 0.273. The molecule has 1 nitrogen and oxygen atoms in total. The molecular weight excluding hydrogens is 448 g/mol. The van der Waals surface area contributed by atoms with Crippen LogP contribution in [0.3, 0.4) is 0 Å². The molecular formula is C36H58O. The van der Waals surface area contributed by atoms with Crippen LogP contribution in [0, 0.1) is 17.8 Å². The predicted molar refractivity (Wildman–Crippen MR) is 168 cm³/mol. The van der Waals surface area contributed by atoms with E-state index < -0.39 is 0 Å². The van der Waals surface area contributed by atoms with Crippen LogP contribution in [0.5, 0.6) is 0 Å². The van der Waals surface area contributed by atoms with Gasteiger partial charge >= 0.3 is 0 Å². The normalized spacial score (nSPS) is 11.8. The van der Waals surface area contributed by atoms with Crippen molar-refractivity contribution in [2.75, 3.05) is 6.61 Å². The smallest absolute Gasteiger partial charge is 0.0459 e. The summed E-state index contributed by atoms with van der Waals surface area (Å²) in [5.74, 6) is 2.01. The quantitative estimate of drug-likeness (QED) is 0.306. The highest BCUT2D eigenvalue weighted by Gasteiger charge is 2.00. The van der Waals surface area contributed by atoms with E-state index in [1.54, 1.807) is 0 Å². The van der Waals surface area contributed by atoms with Gasteiger partial charge in [-0.15, -0.1) is 0 Å². The Labute approximate surface area is 231 Å². The zero-order valence-corrected chi connectivity index (χ0v) is 25.6. The second-order valence-corrected chi connectivity index (χ2v) is 9.38. The van der Waals surface area contributed by atoms with Crippen LogP contribution in [-0.2, 0) is 19.3 Å². The summed E-state index contributed by atoms with van der Waals surface area (Å²) in [6.45, 7) is 19.4.